The first-order chi connectivity index (χ1) is 8.70. The first-order valence-electron chi connectivity index (χ1n) is 6.27. The zero-order valence-corrected chi connectivity index (χ0v) is 11.2. The van der Waals surface area contributed by atoms with Gasteiger partial charge in [0.2, 0.25) is 0 Å². The number of amides is 1. The van der Waals surface area contributed by atoms with E-state index in [1.807, 2.05) is 11.8 Å². The van der Waals surface area contributed by atoms with E-state index in [1.165, 1.54) is 31.3 Å². The molecular weight excluding hydrogens is 248 g/mol. The van der Waals surface area contributed by atoms with Crippen LogP contribution in [-0.2, 0) is 0 Å². The molecule has 0 aromatic carbocycles. The van der Waals surface area contributed by atoms with E-state index in [1.54, 1.807) is 0 Å². The lowest BCUT2D eigenvalue weighted by Gasteiger charge is -2.20. The van der Waals surface area contributed by atoms with Gasteiger partial charge in [-0.1, -0.05) is 13.3 Å². The lowest BCUT2D eigenvalue weighted by molar-refractivity contribution is 0.0938. The highest BCUT2D eigenvalue weighted by atomic mass is 32.2. The molecule has 1 fully saturated rings. The van der Waals surface area contributed by atoms with Gasteiger partial charge in [0.25, 0.3) is 5.91 Å². The summed E-state index contributed by atoms with van der Waals surface area (Å²) in [5.41, 5.74) is 0.419. The molecule has 1 aliphatic carbocycles. The smallest absolute Gasteiger partial charge is 0.253 e. The maximum Gasteiger partial charge on any atom is 0.253 e. The van der Waals surface area contributed by atoms with E-state index in [9.17, 15) is 9.90 Å². The Morgan fingerprint density at radius 1 is 1.56 bits per heavy atom. The second-order valence-corrected chi connectivity index (χ2v) is 5.95. The number of thioether (sulfide) groups is 1. The number of rotatable bonds is 4. The first kappa shape index (κ1) is 13.2. The van der Waals surface area contributed by atoms with E-state index >= 15 is 0 Å². The number of carbonyl (C=O) groups is 1. The zero-order valence-electron chi connectivity index (χ0n) is 10.4. The van der Waals surface area contributed by atoms with Crippen LogP contribution in [0.25, 0.3) is 0 Å². The lowest BCUT2D eigenvalue weighted by atomic mass is 10.2. The van der Waals surface area contributed by atoms with Crippen molar-refractivity contribution in [1.29, 1.82) is 0 Å². The van der Waals surface area contributed by atoms with Crippen molar-refractivity contribution in [2.75, 3.05) is 5.75 Å². The van der Waals surface area contributed by atoms with Gasteiger partial charge in [-0.05, 0) is 24.7 Å². The Morgan fingerprint density at radius 2 is 2.39 bits per heavy atom. The highest BCUT2D eigenvalue weighted by Crippen LogP contribution is 2.30. The summed E-state index contributed by atoms with van der Waals surface area (Å²) in [5.74, 6) is 0.950. The van der Waals surface area contributed by atoms with Crippen LogP contribution in [0.15, 0.2) is 18.5 Å². The third-order valence-electron chi connectivity index (χ3n) is 3.14. The van der Waals surface area contributed by atoms with Crippen LogP contribution in [-0.4, -0.2) is 33.0 Å². The average molecular weight is 266 g/mol. The van der Waals surface area contributed by atoms with E-state index in [-0.39, 0.29) is 17.7 Å². The van der Waals surface area contributed by atoms with Crippen LogP contribution in [0.4, 0.5) is 0 Å². The van der Waals surface area contributed by atoms with Crippen LogP contribution in [0.2, 0.25) is 0 Å². The Bertz CT molecular complexity index is 425. The van der Waals surface area contributed by atoms with Crippen LogP contribution in [0.5, 0.6) is 5.75 Å². The SMILES string of the molecule is CCSC1CCCC1NC(=O)c1cncc(O)c1. The summed E-state index contributed by atoms with van der Waals surface area (Å²) >= 11 is 1.91. The molecule has 1 aromatic rings. The summed E-state index contributed by atoms with van der Waals surface area (Å²) in [6.07, 6.45) is 6.17. The normalized spacial score (nSPS) is 22.9. The van der Waals surface area contributed by atoms with Crippen molar-refractivity contribution in [3.05, 3.63) is 24.0 Å². The van der Waals surface area contributed by atoms with Crippen molar-refractivity contribution in [1.82, 2.24) is 10.3 Å². The summed E-state index contributed by atoms with van der Waals surface area (Å²) < 4.78 is 0. The molecule has 1 saturated carbocycles. The van der Waals surface area contributed by atoms with E-state index in [0.29, 0.717) is 10.8 Å². The molecule has 98 valence electrons. The largest absolute Gasteiger partial charge is 0.506 e. The fraction of sp³-hybridized carbons (Fsp3) is 0.538. The number of aromatic hydroxyl groups is 1. The zero-order chi connectivity index (χ0) is 13.0. The first-order valence-corrected chi connectivity index (χ1v) is 7.32. The third-order valence-corrected chi connectivity index (χ3v) is 4.46. The number of carbonyl (C=O) groups excluding carboxylic acids is 1. The molecule has 18 heavy (non-hydrogen) atoms. The minimum atomic E-state index is -0.146. The Balaban J connectivity index is 1.98. The molecular formula is C13H18N2O2S. The van der Waals surface area contributed by atoms with E-state index in [4.69, 9.17) is 0 Å². The quantitative estimate of drug-likeness (QED) is 0.877. The van der Waals surface area contributed by atoms with Crippen molar-refractivity contribution in [3.8, 4) is 5.75 Å². The van der Waals surface area contributed by atoms with Gasteiger partial charge in [0.1, 0.15) is 5.75 Å². The number of hydrogen-bond donors (Lipinski definition) is 2. The van der Waals surface area contributed by atoms with Gasteiger partial charge in [-0.3, -0.25) is 9.78 Å². The Hall–Kier alpha value is -1.23. The second-order valence-electron chi connectivity index (χ2n) is 4.44. The molecule has 2 N–H and O–H groups in total. The van der Waals surface area contributed by atoms with Gasteiger partial charge >= 0.3 is 0 Å². The standard InChI is InChI=1S/C13H18N2O2S/c1-2-18-12-5-3-4-11(12)15-13(17)9-6-10(16)8-14-7-9/h6-8,11-12,16H,2-5H2,1H3,(H,15,17). The van der Waals surface area contributed by atoms with Gasteiger partial charge in [0.15, 0.2) is 0 Å². The Kier molecular flexibility index (Phi) is 4.47. The molecule has 0 bridgehead atoms. The molecule has 1 amide bonds. The van der Waals surface area contributed by atoms with Gasteiger partial charge < -0.3 is 10.4 Å². The number of hydrogen-bond acceptors (Lipinski definition) is 4. The second kappa shape index (κ2) is 6.09. The highest BCUT2D eigenvalue weighted by molar-refractivity contribution is 7.99. The van der Waals surface area contributed by atoms with Crippen molar-refractivity contribution in [2.24, 2.45) is 0 Å². The molecule has 2 unspecified atom stereocenters. The van der Waals surface area contributed by atoms with Crippen molar-refractivity contribution in [2.45, 2.75) is 37.5 Å². The molecule has 0 aliphatic heterocycles. The van der Waals surface area contributed by atoms with Gasteiger partial charge in [0, 0.05) is 17.5 Å². The molecule has 1 aliphatic rings. The molecule has 2 rings (SSSR count). The van der Waals surface area contributed by atoms with Gasteiger partial charge in [-0.2, -0.15) is 11.8 Å². The average Bonchev–Trinajstić information content (AvgIpc) is 2.77. The molecule has 0 radical (unpaired) electrons. The summed E-state index contributed by atoms with van der Waals surface area (Å²) in [6, 6.07) is 1.68. The molecule has 1 heterocycles. The summed E-state index contributed by atoms with van der Waals surface area (Å²) in [6.45, 7) is 2.14. The predicted octanol–water partition coefficient (Wildman–Crippen LogP) is 2.19. The van der Waals surface area contributed by atoms with Crippen LogP contribution in [0.3, 0.4) is 0 Å². The molecule has 2 atom stereocenters. The van der Waals surface area contributed by atoms with Gasteiger partial charge in [-0.15, -0.1) is 0 Å². The number of nitrogens with one attached hydrogen (secondary N) is 1. The fourth-order valence-electron chi connectivity index (χ4n) is 2.31. The topological polar surface area (TPSA) is 62.2 Å². The number of pyridine rings is 1. The summed E-state index contributed by atoms with van der Waals surface area (Å²) in [4.78, 5) is 15.9. The molecule has 1 aromatic heterocycles. The predicted molar refractivity (Wildman–Crippen MR) is 72.9 cm³/mol. The molecule has 0 spiro atoms. The van der Waals surface area contributed by atoms with Crippen LogP contribution >= 0.6 is 11.8 Å². The van der Waals surface area contributed by atoms with E-state index in [2.05, 4.69) is 17.2 Å². The van der Waals surface area contributed by atoms with Gasteiger partial charge in [0.05, 0.1) is 11.8 Å². The van der Waals surface area contributed by atoms with E-state index in [0.717, 1.165) is 12.2 Å². The van der Waals surface area contributed by atoms with Crippen molar-refractivity contribution in [3.63, 3.8) is 0 Å². The van der Waals surface area contributed by atoms with Crippen molar-refractivity contribution >= 4 is 17.7 Å². The monoisotopic (exact) mass is 266 g/mol. The molecule has 4 nitrogen and oxygen atoms in total. The molecule has 5 heteroatoms. The highest BCUT2D eigenvalue weighted by Gasteiger charge is 2.28. The summed E-state index contributed by atoms with van der Waals surface area (Å²) in [7, 11) is 0. The molecule has 0 saturated heterocycles. The Labute approximate surface area is 111 Å². The van der Waals surface area contributed by atoms with Crippen LogP contribution in [0.1, 0.15) is 36.5 Å². The van der Waals surface area contributed by atoms with Crippen LogP contribution in [0, 0.1) is 0 Å². The summed E-state index contributed by atoms with van der Waals surface area (Å²) in [5, 5.41) is 12.9. The minimum absolute atomic E-state index is 0.0218. The maximum absolute atomic E-state index is 12.0. The Morgan fingerprint density at radius 3 is 3.11 bits per heavy atom. The lowest BCUT2D eigenvalue weighted by Crippen LogP contribution is -2.38. The third kappa shape index (κ3) is 3.16. The maximum atomic E-state index is 12.0. The number of aromatic nitrogens is 1. The van der Waals surface area contributed by atoms with Crippen LogP contribution < -0.4 is 5.32 Å². The van der Waals surface area contributed by atoms with E-state index < -0.39 is 0 Å². The fourth-order valence-corrected chi connectivity index (χ4v) is 3.51. The minimum Gasteiger partial charge on any atom is -0.506 e. The van der Waals surface area contributed by atoms with Crippen molar-refractivity contribution < 1.29 is 9.90 Å². The van der Waals surface area contributed by atoms with Gasteiger partial charge in [-0.25, -0.2) is 0 Å². The number of nitrogens with zero attached hydrogens (tertiary/aromatic N) is 1.